The van der Waals surface area contributed by atoms with E-state index in [0.29, 0.717) is 6.42 Å². The summed E-state index contributed by atoms with van der Waals surface area (Å²) in [5.74, 6) is -0.0232. The second-order valence-corrected chi connectivity index (χ2v) is 3.84. The standard InChI is InChI=1S/C12H20O2/c1-2-3-4-5-6-7-8-11-9-10-12(13)14-11/h5-6,11H,2-4,7-10H2,1H3/b6-5-/t11-/m1/s1. The number of ether oxygens (including phenoxy) is 1. The summed E-state index contributed by atoms with van der Waals surface area (Å²) < 4.78 is 5.12. The molecule has 0 radical (unpaired) electrons. The third-order valence-electron chi connectivity index (χ3n) is 2.51. The van der Waals surface area contributed by atoms with Crippen LogP contribution in [0, 0.1) is 0 Å². The van der Waals surface area contributed by atoms with Gasteiger partial charge >= 0.3 is 5.97 Å². The van der Waals surface area contributed by atoms with Gasteiger partial charge < -0.3 is 4.74 Å². The summed E-state index contributed by atoms with van der Waals surface area (Å²) in [5, 5.41) is 0. The van der Waals surface area contributed by atoms with E-state index >= 15 is 0 Å². The van der Waals surface area contributed by atoms with Crippen LogP contribution in [0.3, 0.4) is 0 Å². The van der Waals surface area contributed by atoms with Crippen LogP contribution in [0.1, 0.15) is 51.9 Å². The predicted molar refractivity (Wildman–Crippen MR) is 57.0 cm³/mol. The fourth-order valence-corrected chi connectivity index (χ4v) is 1.63. The first-order valence-corrected chi connectivity index (χ1v) is 5.67. The van der Waals surface area contributed by atoms with Crippen LogP contribution in [0.15, 0.2) is 12.2 Å². The van der Waals surface area contributed by atoms with E-state index in [9.17, 15) is 4.79 Å². The molecule has 0 amide bonds. The Bertz CT molecular complexity index is 196. The summed E-state index contributed by atoms with van der Waals surface area (Å²) in [6.45, 7) is 2.20. The first kappa shape index (κ1) is 11.3. The monoisotopic (exact) mass is 196 g/mol. The maximum atomic E-state index is 10.8. The van der Waals surface area contributed by atoms with Crippen LogP contribution in [0.4, 0.5) is 0 Å². The zero-order valence-corrected chi connectivity index (χ0v) is 9.00. The summed E-state index contributed by atoms with van der Waals surface area (Å²) in [5.41, 5.74) is 0. The Labute approximate surface area is 86.3 Å². The Morgan fingerprint density at radius 2 is 2.21 bits per heavy atom. The Hall–Kier alpha value is -0.790. The highest BCUT2D eigenvalue weighted by molar-refractivity contribution is 5.71. The topological polar surface area (TPSA) is 26.3 Å². The van der Waals surface area contributed by atoms with Gasteiger partial charge in [-0.15, -0.1) is 0 Å². The van der Waals surface area contributed by atoms with Crippen LogP contribution >= 0.6 is 0 Å². The number of hydrogen-bond acceptors (Lipinski definition) is 2. The lowest BCUT2D eigenvalue weighted by atomic mass is 10.1. The number of rotatable bonds is 6. The van der Waals surface area contributed by atoms with Crippen molar-refractivity contribution >= 4 is 5.97 Å². The molecule has 0 aromatic rings. The molecule has 1 heterocycles. The van der Waals surface area contributed by atoms with Gasteiger partial charge in [0, 0.05) is 6.42 Å². The van der Waals surface area contributed by atoms with Gasteiger partial charge in [0.25, 0.3) is 0 Å². The number of hydrogen-bond donors (Lipinski definition) is 0. The molecule has 1 aliphatic rings. The molecule has 0 aromatic carbocycles. The molecule has 1 saturated heterocycles. The van der Waals surface area contributed by atoms with Gasteiger partial charge in [0.1, 0.15) is 6.10 Å². The first-order valence-electron chi connectivity index (χ1n) is 5.67. The van der Waals surface area contributed by atoms with Gasteiger partial charge in [-0.25, -0.2) is 0 Å². The summed E-state index contributed by atoms with van der Waals surface area (Å²) >= 11 is 0. The zero-order chi connectivity index (χ0) is 10.2. The Kier molecular flexibility index (Phi) is 5.35. The lowest BCUT2D eigenvalue weighted by Crippen LogP contribution is -2.05. The average Bonchev–Trinajstić information content (AvgIpc) is 2.58. The van der Waals surface area contributed by atoms with Crippen molar-refractivity contribution in [3.05, 3.63) is 12.2 Å². The highest BCUT2D eigenvalue weighted by atomic mass is 16.5. The molecule has 1 aliphatic heterocycles. The molecule has 14 heavy (non-hydrogen) atoms. The molecule has 2 heteroatoms. The second-order valence-electron chi connectivity index (χ2n) is 3.84. The molecule has 1 atom stereocenters. The minimum absolute atomic E-state index is 0.0232. The molecule has 0 unspecified atom stereocenters. The van der Waals surface area contributed by atoms with Crippen molar-refractivity contribution in [2.24, 2.45) is 0 Å². The van der Waals surface area contributed by atoms with Crippen molar-refractivity contribution in [3.8, 4) is 0 Å². The van der Waals surface area contributed by atoms with E-state index in [4.69, 9.17) is 4.74 Å². The van der Waals surface area contributed by atoms with Gasteiger partial charge in [0.05, 0.1) is 0 Å². The molecule has 1 rings (SSSR count). The fourth-order valence-electron chi connectivity index (χ4n) is 1.63. The van der Waals surface area contributed by atoms with E-state index in [-0.39, 0.29) is 12.1 Å². The molecule has 1 fully saturated rings. The summed E-state index contributed by atoms with van der Waals surface area (Å²) in [6.07, 6.45) is 11.9. The number of cyclic esters (lactones) is 1. The summed E-state index contributed by atoms with van der Waals surface area (Å²) in [4.78, 5) is 10.8. The number of esters is 1. The van der Waals surface area contributed by atoms with Crippen molar-refractivity contribution < 1.29 is 9.53 Å². The molecule has 0 N–H and O–H groups in total. The molecule has 0 aliphatic carbocycles. The predicted octanol–water partition coefficient (Wildman–Crippen LogP) is 3.22. The maximum absolute atomic E-state index is 10.8. The molecule has 80 valence electrons. The Balaban J connectivity index is 1.98. The quantitative estimate of drug-likeness (QED) is 0.370. The van der Waals surface area contributed by atoms with Crippen LogP contribution in [-0.2, 0) is 9.53 Å². The van der Waals surface area contributed by atoms with Gasteiger partial charge in [-0.1, -0.05) is 31.9 Å². The number of allylic oxidation sites excluding steroid dienone is 2. The fraction of sp³-hybridized carbons (Fsp3) is 0.750. The minimum atomic E-state index is -0.0232. The van der Waals surface area contributed by atoms with Crippen molar-refractivity contribution in [3.63, 3.8) is 0 Å². The van der Waals surface area contributed by atoms with E-state index in [2.05, 4.69) is 19.1 Å². The third-order valence-corrected chi connectivity index (χ3v) is 2.51. The molecule has 0 bridgehead atoms. The average molecular weight is 196 g/mol. The molecular formula is C12H20O2. The molecule has 0 saturated carbocycles. The SMILES string of the molecule is CCCC/C=C\CC[C@@H]1CCC(=O)O1. The normalized spacial score (nSPS) is 21.8. The number of unbranched alkanes of at least 4 members (excludes halogenated alkanes) is 2. The Morgan fingerprint density at radius 3 is 2.86 bits per heavy atom. The van der Waals surface area contributed by atoms with Gasteiger partial charge in [-0.2, -0.15) is 0 Å². The zero-order valence-electron chi connectivity index (χ0n) is 9.00. The molecule has 0 spiro atoms. The third kappa shape index (κ3) is 4.45. The van der Waals surface area contributed by atoms with E-state index in [1.165, 1.54) is 19.3 Å². The van der Waals surface area contributed by atoms with E-state index in [1.54, 1.807) is 0 Å². The summed E-state index contributed by atoms with van der Waals surface area (Å²) in [6, 6.07) is 0. The highest BCUT2D eigenvalue weighted by Crippen LogP contribution is 2.18. The summed E-state index contributed by atoms with van der Waals surface area (Å²) in [7, 11) is 0. The van der Waals surface area contributed by atoms with E-state index in [1.807, 2.05) is 0 Å². The number of carbonyl (C=O) groups excluding carboxylic acids is 1. The largest absolute Gasteiger partial charge is 0.462 e. The molecule has 2 nitrogen and oxygen atoms in total. The van der Waals surface area contributed by atoms with Gasteiger partial charge in [-0.05, 0) is 25.7 Å². The number of carbonyl (C=O) groups is 1. The smallest absolute Gasteiger partial charge is 0.306 e. The van der Waals surface area contributed by atoms with Crippen LogP contribution in [0.5, 0.6) is 0 Å². The van der Waals surface area contributed by atoms with Crippen molar-refractivity contribution in [2.75, 3.05) is 0 Å². The van der Waals surface area contributed by atoms with Crippen LogP contribution < -0.4 is 0 Å². The van der Waals surface area contributed by atoms with Crippen molar-refractivity contribution in [2.45, 2.75) is 58.0 Å². The van der Waals surface area contributed by atoms with E-state index in [0.717, 1.165) is 19.3 Å². The minimum Gasteiger partial charge on any atom is -0.462 e. The van der Waals surface area contributed by atoms with Crippen molar-refractivity contribution in [1.82, 2.24) is 0 Å². The lowest BCUT2D eigenvalue weighted by Gasteiger charge is -2.05. The highest BCUT2D eigenvalue weighted by Gasteiger charge is 2.21. The van der Waals surface area contributed by atoms with Gasteiger partial charge in [0.2, 0.25) is 0 Å². The second kappa shape index (κ2) is 6.63. The van der Waals surface area contributed by atoms with Crippen LogP contribution in [0.2, 0.25) is 0 Å². The van der Waals surface area contributed by atoms with E-state index < -0.39 is 0 Å². The van der Waals surface area contributed by atoms with Crippen LogP contribution in [-0.4, -0.2) is 12.1 Å². The van der Waals surface area contributed by atoms with Gasteiger partial charge in [-0.3, -0.25) is 4.79 Å². The molecule has 0 aromatic heterocycles. The lowest BCUT2D eigenvalue weighted by molar-refractivity contribution is -0.141. The Morgan fingerprint density at radius 1 is 1.43 bits per heavy atom. The first-order chi connectivity index (χ1) is 6.83. The van der Waals surface area contributed by atoms with Crippen molar-refractivity contribution in [1.29, 1.82) is 0 Å². The van der Waals surface area contributed by atoms with Crippen LogP contribution in [0.25, 0.3) is 0 Å². The maximum Gasteiger partial charge on any atom is 0.306 e. The van der Waals surface area contributed by atoms with Gasteiger partial charge in [0.15, 0.2) is 0 Å². The molecular weight excluding hydrogens is 176 g/mol.